The highest BCUT2D eigenvalue weighted by Gasteiger charge is 2.13. The van der Waals surface area contributed by atoms with Crippen LogP contribution in [0.1, 0.15) is 26.0 Å². The van der Waals surface area contributed by atoms with Gasteiger partial charge in [0.1, 0.15) is 5.03 Å². The third kappa shape index (κ3) is 3.24. The number of aromatic nitrogens is 2. The first-order valence-corrected chi connectivity index (χ1v) is 6.81. The minimum atomic E-state index is 1.04. The molecule has 2 heterocycles. The molecule has 2 rings (SSSR count). The largest absolute Gasteiger partial charge is 0.300 e. The molecule has 0 radical (unpaired) electrons. The number of rotatable bonds is 1. The fraction of sp³-hybridized carbons (Fsp3) is 0.727. The number of hydrogen-bond acceptors (Lipinski definition) is 3. The summed E-state index contributed by atoms with van der Waals surface area (Å²) >= 11 is 1.72. The molecule has 0 fully saturated rings. The first-order chi connectivity index (χ1) is 7.29. The molecule has 0 saturated carbocycles. The van der Waals surface area contributed by atoms with Gasteiger partial charge in [0.15, 0.2) is 0 Å². The van der Waals surface area contributed by atoms with E-state index >= 15 is 0 Å². The maximum Gasteiger partial charge on any atom is 0.118 e. The summed E-state index contributed by atoms with van der Waals surface area (Å²) in [6.07, 6.45) is 3.28. The van der Waals surface area contributed by atoms with Gasteiger partial charge < -0.3 is 4.90 Å². The molecule has 0 aromatic carbocycles. The molecule has 1 aliphatic heterocycles. The Balaban J connectivity index is 0.000000531. The van der Waals surface area contributed by atoms with Crippen molar-refractivity contribution < 1.29 is 0 Å². The minimum Gasteiger partial charge on any atom is -0.300 e. The summed E-state index contributed by atoms with van der Waals surface area (Å²) in [6, 6.07) is 2.20. The van der Waals surface area contributed by atoms with Gasteiger partial charge in [-0.05, 0) is 25.8 Å². The molecular weight excluding hydrogens is 206 g/mol. The molecule has 0 spiro atoms. The van der Waals surface area contributed by atoms with E-state index in [9.17, 15) is 0 Å². The van der Waals surface area contributed by atoms with Crippen LogP contribution in [0.3, 0.4) is 0 Å². The van der Waals surface area contributed by atoms with E-state index in [4.69, 9.17) is 0 Å². The van der Waals surface area contributed by atoms with Gasteiger partial charge in [-0.15, -0.1) is 11.8 Å². The number of fused-ring (bicyclic) bond motifs is 1. The van der Waals surface area contributed by atoms with Crippen molar-refractivity contribution in [3.8, 4) is 0 Å². The smallest absolute Gasteiger partial charge is 0.118 e. The molecule has 1 aliphatic rings. The van der Waals surface area contributed by atoms with Crippen LogP contribution in [-0.4, -0.2) is 34.5 Å². The predicted octanol–water partition coefficient (Wildman–Crippen LogP) is 2.47. The molecule has 0 saturated heterocycles. The minimum absolute atomic E-state index is 1.04. The van der Waals surface area contributed by atoms with Gasteiger partial charge in [-0.3, -0.25) is 4.68 Å². The maximum absolute atomic E-state index is 4.52. The van der Waals surface area contributed by atoms with Crippen molar-refractivity contribution in [2.45, 2.75) is 38.4 Å². The molecule has 0 atom stereocenters. The van der Waals surface area contributed by atoms with E-state index in [1.807, 2.05) is 13.8 Å². The third-order valence-electron chi connectivity index (χ3n) is 2.39. The molecule has 15 heavy (non-hydrogen) atoms. The van der Waals surface area contributed by atoms with E-state index in [0.29, 0.717) is 0 Å². The molecule has 0 amide bonds. The Morgan fingerprint density at radius 2 is 2.07 bits per heavy atom. The van der Waals surface area contributed by atoms with E-state index in [1.54, 1.807) is 11.8 Å². The van der Waals surface area contributed by atoms with Crippen molar-refractivity contribution in [1.82, 2.24) is 14.7 Å². The molecule has 0 bridgehead atoms. The first-order valence-electron chi connectivity index (χ1n) is 5.59. The van der Waals surface area contributed by atoms with Gasteiger partial charge in [0.05, 0.1) is 5.69 Å². The molecule has 0 N–H and O–H groups in total. The van der Waals surface area contributed by atoms with Crippen LogP contribution in [0.5, 0.6) is 0 Å². The first kappa shape index (κ1) is 12.6. The fourth-order valence-electron chi connectivity index (χ4n) is 1.70. The lowest BCUT2D eigenvalue weighted by Gasteiger charge is -2.10. The molecule has 3 nitrogen and oxygen atoms in total. The van der Waals surface area contributed by atoms with Crippen molar-refractivity contribution >= 4 is 11.8 Å². The van der Waals surface area contributed by atoms with Crippen LogP contribution in [0.4, 0.5) is 0 Å². The van der Waals surface area contributed by atoms with Crippen molar-refractivity contribution in [1.29, 1.82) is 0 Å². The van der Waals surface area contributed by atoms with Crippen LogP contribution in [0.25, 0.3) is 0 Å². The van der Waals surface area contributed by atoms with E-state index in [0.717, 1.165) is 18.1 Å². The predicted molar refractivity (Wildman–Crippen MR) is 66.3 cm³/mol. The SMILES string of the molecule is CC.CSc1cc2n(n1)CCCN(C)C2. The zero-order chi connectivity index (χ0) is 11.3. The highest BCUT2D eigenvalue weighted by atomic mass is 32.2. The lowest BCUT2D eigenvalue weighted by Crippen LogP contribution is -2.16. The van der Waals surface area contributed by atoms with Crippen LogP contribution in [0.15, 0.2) is 11.1 Å². The Bertz CT molecular complexity index is 296. The fourth-order valence-corrected chi connectivity index (χ4v) is 2.13. The van der Waals surface area contributed by atoms with Crippen LogP contribution in [0, 0.1) is 0 Å². The van der Waals surface area contributed by atoms with Gasteiger partial charge >= 0.3 is 0 Å². The molecular formula is C11H21N3S. The van der Waals surface area contributed by atoms with Crippen LogP contribution in [0.2, 0.25) is 0 Å². The van der Waals surface area contributed by atoms with Gasteiger partial charge in [-0.25, -0.2) is 0 Å². The molecule has 0 aliphatic carbocycles. The number of thioether (sulfide) groups is 1. The normalized spacial score (nSPS) is 16.3. The van der Waals surface area contributed by atoms with Crippen LogP contribution < -0.4 is 0 Å². The summed E-state index contributed by atoms with van der Waals surface area (Å²) in [4.78, 5) is 2.35. The standard InChI is InChI=1S/C9H15N3S.C2H6/c1-11-4-3-5-12-8(7-11)6-9(10-12)13-2;1-2/h6H,3-5,7H2,1-2H3;1-2H3. The average Bonchev–Trinajstić information content (AvgIpc) is 2.56. The second-order valence-electron chi connectivity index (χ2n) is 3.49. The highest BCUT2D eigenvalue weighted by Crippen LogP contribution is 2.18. The van der Waals surface area contributed by atoms with E-state index < -0.39 is 0 Å². The molecule has 1 aromatic rings. The van der Waals surface area contributed by atoms with Gasteiger partial charge in [0, 0.05) is 19.6 Å². The lowest BCUT2D eigenvalue weighted by molar-refractivity contribution is 0.332. The Hall–Kier alpha value is -0.480. The van der Waals surface area contributed by atoms with Gasteiger partial charge in [-0.1, -0.05) is 13.8 Å². The lowest BCUT2D eigenvalue weighted by atomic mass is 10.4. The van der Waals surface area contributed by atoms with E-state index in [1.165, 1.54) is 18.7 Å². The summed E-state index contributed by atoms with van der Waals surface area (Å²) in [5, 5.41) is 5.66. The van der Waals surface area contributed by atoms with Gasteiger partial charge in [-0.2, -0.15) is 5.10 Å². The zero-order valence-electron chi connectivity index (χ0n) is 10.2. The Labute approximate surface area is 96.8 Å². The number of hydrogen-bond donors (Lipinski definition) is 0. The quantitative estimate of drug-likeness (QED) is 0.688. The monoisotopic (exact) mass is 227 g/mol. The highest BCUT2D eigenvalue weighted by molar-refractivity contribution is 7.98. The molecule has 1 aromatic heterocycles. The summed E-state index contributed by atoms with van der Waals surface area (Å²) < 4.78 is 2.15. The van der Waals surface area contributed by atoms with Crippen molar-refractivity contribution in [2.75, 3.05) is 19.8 Å². The molecule has 86 valence electrons. The Morgan fingerprint density at radius 3 is 2.73 bits per heavy atom. The summed E-state index contributed by atoms with van der Waals surface area (Å²) in [6.45, 7) is 7.28. The van der Waals surface area contributed by atoms with Gasteiger partial charge in [0.25, 0.3) is 0 Å². The molecule has 4 heteroatoms. The van der Waals surface area contributed by atoms with Gasteiger partial charge in [0.2, 0.25) is 0 Å². The van der Waals surface area contributed by atoms with Crippen LogP contribution >= 0.6 is 11.8 Å². The second kappa shape index (κ2) is 6.18. The summed E-state index contributed by atoms with van der Waals surface area (Å²) in [7, 11) is 2.17. The Kier molecular flexibility index (Phi) is 5.19. The second-order valence-corrected chi connectivity index (χ2v) is 4.32. The Morgan fingerprint density at radius 1 is 1.33 bits per heavy atom. The number of aryl methyl sites for hydroxylation is 1. The molecule has 0 unspecified atom stereocenters. The third-order valence-corrected chi connectivity index (χ3v) is 3.01. The van der Waals surface area contributed by atoms with E-state index in [-0.39, 0.29) is 0 Å². The topological polar surface area (TPSA) is 21.1 Å². The summed E-state index contributed by atoms with van der Waals surface area (Å²) in [5.74, 6) is 0. The maximum atomic E-state index is 4.52. The van der Waals surface area contributed by atoms with Crippen molar-refractivity contribution in [2.24, 2.45) is 0 Å². The number of nitrogens with zero attached hydrogens (tertiary/aromatic N) is 3. The van der Waals surface area contributed by atoms with E-state index in [2.05, 4.69) is 34.1 Å². The summed E-state index contributed by atoms with van der Waals surface area (Å²) in [5.41, 5.74) is 1.35. The zero-order valence-corrected chi connectivity index (χ0v) is 11.0. The van der Waals surface area contributed by atoms with Crippen LogP contribution in [-0.2, 0) is 13.1 Å². The van der Waals surface area contributed by atoms with Crippen molar-refractivity contribution in [3.05, 3.63) is 11.8 Å². The van der Waals surface area contributed by atoms with Crippen molar-refractivity contribution in [3.63, 3.8) is 0 Å². The average molecular weight is 227 g/mol.